The Morgan fingerprint density at radius 3 is 2.42 bits per heavy atom. The van der Waals surface area contributed by atoms with Crippen LogP contribution in [0.25, 0.3) is 5.69 Å². The van der Waals surface area contributed by atoms with Gasteiger partial charge in [0.15, 0.2) is 0 Å². The second kappa shape index (κ2) is 6.15. The van der Waals surface area contributed by atoms with Crippen molar-refractivity contribution < 1.29 is 14.7 Å². The van der Waals surface area contributed by atoms with Gasteiger partial charge in [-0.2, -0.15) is 0 Å². The molecule has 1 aromatic carbocycles. The third kappa shape index (κ3) is 2.60. The fourth-order valence-corrected chi connectivity index (χ4v) is 3.66. The number of aryl methyl sites for hydroxylation is 1. The highest BCUT2D eigenvalue weighted by atomic mass is 16.4. The van der Waals surface area contributed by atoms with Crippen LogP contribution in [0.1, 0.15) is 35.1 Å². The normalized spacial score (nSPS) is 20.4. The molecule has 1 saturated heterocycles. The van der Waals surface area contributed by atoms with Crippen molar-refractivity contribution in [2.45, 2.75) is 33.2 Å². The van der Waals surface area contributed by atoms with Crippen molar-refractivity contribution in [3.05, 3.63) is 53.3 Å². The van der Waals surface area contributed by atoms with Gasteiger partial charge in [-0.05, 0) is 45.4 Å². The summed E-state index contributed by atoms with van der Waals surface area (Å²) in [6, 6.07) is 11.5. The SMILES string of the molecule is Cc1cc(C(=O)N2CCC(C(=O)O)C2C)c(C)n1-c1ccccc1. The van der Waals surface area contributed by atoms with Crippen LogP contribution >= 0.6 is 0 Å². The van der Waals surface area contributed by atoms with E-state index in [1.807, 2.05) is 57.2 Å². The summed E-state index contributed by atoms with van der Waals surface area (Å²) in [5.74, 6) is -1.39. The third-order valence-electron chi connectivity index (χ3n) is 5.01. The fourth-order valence-electron chi connectivity index (χ4n) is 3.66. The molecule has 5 nitrogen and oxygen atoms in total. The molecule has 1 amide bonds. The van der Waals surface area contributed by atoms with Gasteiger partial charge in [0, 0.05) is 29.7 Å². The van der Waals surface area contributed by atoms with Gasteiger partial charge in [0.2, 0.25) is 0 Å². The zero-order chi connectivity index (χ0) is 17.4. The number of carboxylic acid groups (broad SMARTS) is 1. The van der Waals surface area contributed by atoms with Gasteiger partial charge in [0.25, 0.3) is 5.91 Å². The number of hydrogen-bond acceptors (Lipinski definition) is 2. The smallest absolute Gasteiger partial charge is 0.308 e. The van der Waals surface area contributed by atoms with Crippen LogP contribution in [0.3, 0.4) is 0 Å². The van der Waals surface area contributed by atoms with Gasteiger partial charge < -0.3 is 14.6 Å². The van der Waals surface area contributed by atoms with E-state index in [1.165, 1.54) is 0 Å². The highest BCUT2D eigenvalue weighted by Crippen LogP contribution is 2.28. The van der Waals surface area contributed by atoms with E-state index in [0.29, 0.717) is 18.5 Å². The van der Waals surface area contributed by atoms with Crippen molar-refractivity contribution in [2.75, 3.05) is 6.54 Å². The lowest BCUT2D eigenvalue weighted by Gasteiger charge is -2.23. The molecule has 1 N–H and O–H groups in total. The summed E-state index contributed by atoms with van der Waals surface area (Å²) in [6.45, 7) is 6.22. The van der Waals surface area contributed by atoms with Gasteiger partial charge in [0.05, 0.1) is 11.5 Å². The Morgan fingerprint density at radius 2 is 1.83 bits per heavy atom. The van der Waals surface area contributed by atoms with Crippen LogP contribution < -0.4 is 0 Å². The first-order chi connectivity index (χ1) is 11.4. The van der Waals surface area contributed by atoms with Gasteiger partial charge in [0.1, 0.15) is 0 Å². The molecule has 2 atom stereocenters. The standard InChI is InChI=1S/C19H22N2O3/c1-12-11-17(14(3)21(12)15-7-5-4-6-8-15)18(22)20-10-9-16(13(20)2)19(23)24/h4-8,11,13,16H,9-10H2,1-3H3,(H,23,24). The van der Waals surface area contributed by atoms with Crippen molar-refractivity contribution in [2.24, 2.45) is 5.92 Å². The number of rotatable bonds is 3. The maximum absolute atomic E-state index is 13.0. The zero-order valence-electron chi connectivity index (χ0n) is 14.2. The molecule has 5 heteroatoms. The summed E-state index contributed by atoms with van der Waals surface area (Å²) >= 11 is 0. The molecule has 1 aliphatic rings. The van der Waals surface area contributed by atoms with E-state index >= 15 is 0 Å². The maximum atomic E-state index is 13.0. The molecule has 0 saturated carbocycles. The van der Waals surface area contributed by atoms with E-state index in [2.05, 4.69) is 4.57 Å². The summed E-state index contributed by atoms with van der Waals surface area (Å²) in [7, 11) is 0. The van der Waals surface area contributed by atoms with Crippen LogP contribution in [-0.2, 0) is 4.79 Å². The predicted molar refractivity (Wildman–Crippen MR) is 91.5 cm³/mol. The molecule has 2 unspecified atom stereocenters. The fraction of sp³-hybridized carbons (Fsp3) is 0.368. The van der Waals surface area contributed by atoms with Crippen LogP contribution in [0.2, 0.25) is 0 Å². The largest absolute Gasteiger partial charge is 0.481 e. The Hall–Kier alpha value is -2.56. The van der Waals surface area contributed by atoms with Crippen LogP contribution in [-0.4, -0.2) is 39.0 Å². The number of aromatic nitrogens is 1. The van der Waals surface area contributed by atoms with Gasteiger partial charge in [-0.25, -0.2) is 0 Å². The Kier molecular flexibility index (Phi) is 4.18. The molecule has 24 heavy (non-hydrogen) atoms. The van der Waals surface area contributed by atoms with E-state index in [4.69, 9.17) is 0 Å². The molecule has 0 radical (unpaired) electrons. The second-order valence-corrected chi connectivity index (χ2v) is 6.43. The number of carbonyl (C=O) groups excluding carboxylic acids is 1. The number of para-hydroxylation sites is 1. The number of amides is 1. The second-order valence-electron chi connectivity index (χ2n) is 6.43. The molecule has 0 bridgehead atoms. The summed E-state index contributed by atoms with van der Waals surface area (Å²) in [5, 5.41) is 9.26. The molecule has 1 aromatic heterocycles. The quantitative estimate of drug-likeness (QED) is 0.943. The number of benzene rings is 1. The van der Waals surface area contributed by atoms with Gasteiger partial charge in [-0.3, -0.25) is 9.59 Å². The molecule has 3 rings (SSSR count). The molecule has 1 fully saturated rings. The monoisotopic (exact) mass is 326 g/mol. The first-order valence-corrected chi connectivity index (χ1v) is 8.20. The first kappa shape index (κ1) is 16.3. The van der Waals surface area contributed by atoms with E-state index in [-0.39, 0.29) is 11.9 Å². The first-order valence-electron chi connectivity index (χ1n) is 8.20. The lowest BCUT2D eigenvalue weighted by Crippen LogP contribution is -2.37. The predicted octanol–water partition coefficient (Wildman–Crippen LogP) is 3.03. The number of carbonyl (C=O) groups is 2. The lowest BCUT2D eigenvalue weighted by molar-refractivity contribution is -0.142. The number of likely N-dealkylation sites (tertiary alicyclic amines) is 1. The number of carboxylic acids is 1. The molecule has 0 spiro atoms. The molecule has 126 valence electrons. The maximum Gasteiger partial charge on any atom is 0.308 e. The minimum Gasteiger partial charge on any atom is -0.481 e. The molecule has 0 aliphatic carbocycles. The van der Waals surface area contributed by atoms with Crippen molar-refractivity contribution in [3.63, 3.8) is 0 Å². The van der Waals surface area contributed by atoms with E-state index in [9.17, 15) is 14.7 Å². The van der Waals surface area contributed by atoms with Crippen LogP contribution in [0.15, 0.2) is 36.4 Å². The Balaban J connectivity index is 1.94. The van der Waals surface area contributed by atoms with E-state index in [1.54, 1.807) is 4.90 Å². The summed E-state index contributed by atoms with van der Waals surface area (Å²) in [5.41, 5.74) is 3.54. The van der Waals surface area contributed by atoms with Crippen molar-refractivity contribution >= 4 is 11.9 Å². The summed E-state index contributed by atoms with van der Waals surface area (Å²) in [4.78, 5) is 25.9. The average molecular weight is 326 g/mol. The lowest BCUT2D eigenvalue weighted by atomic mass is 10.0. The highest BCUT2D eigenvalue weighted by molar-refractivity contribution is 5.96. The topological polar surface area (TPSA) is 62.5 Å². The number of hydrogen-bond donors (Lipinski definition) is 1. The molecular formula is C19H22N2O3. The highest BCUT2D eigenvalue weighted by Gasteiger charge is 2.39. The zero-order valence-corrected chi connectivity index (χ0v) is 14.2. The van der Waals surface area contributed by atoms with E-state index < -0.39 is 11.9 Å². The third-order valence-corrected chi connectivity index (χ3v) is 5.01. The molecule has 2 aromatic rings. The summed E-state index contributed by atoms with van der Waals surface area (Å²) < 4.78 is 2.06. The van der Waals surface area contributed by atoms with Crippen molar-refractivity contribution in [1.82, 2.24) is 9.47 Å². The van der Waals surface area contributed by atoms with Crippen LogP contribution in [0.4, 0.5) is 0 Å². The van der Waals surface area contributed by atoms with Crippen molar-refractivity contribution in [3.8, 4) is 5.69 Å². The van der Waals surface area contributed by atoms with Gasteiger partial charge in [-0.1, -0.05) is 18.2 Å². The Labute approximate surface area is 141 Å². The average Bonchev–Trinajstić information content (AvgIpc) is 3.08. The summed E-state index contributed by atoms with van der Waals surface area (Å²) in [6.07, 6.45) is 0.514. The number of aliphatic carboxylic acids is 1. The van der Waals surface area contributed by atoms with Gasteiger partial charge >= 0.3 is 5.97 Å². The molecular weight excluding hydrogens is 304 g/mol. The van der Waals surface area contributed by atoms with Crippen molar-refractivity contribution in [1.29, 1.82) is 0 Å². The molecule has 2 heterocycles. The Bertz CT molecular complexity index is 779. The van der Waals surface area contributed by atoms with Crippen LogP contribution in [0.5, 0.6) is 0 Å². The van der Waals surface area contributed by atoms with Crippen LogP contribution in [0, 0.1) is 19.8 Å². The van der Waals surface area contributed by atoms with Gasteiger partial charge in [-0.15, -0.1) is 0 Å². The minimum absolute atomic E-state index is 0.0819. The molecule has 1 aliphatic heterocycles. The van der Waals surface area contributed by atoms with E-state index in [0.717, 1.165) is 17.1 Å². The number of nitrogens with zero attached hydrogens (tertiary/aromatic N) is 2. The Morgan fingerprint density at radius 1 is 1.17 bits per heavy atom. The minimum atomic E-state index is -0.826.